The Kier molecular flexibility index (Phi) is 8.01. The Hall–Kier alpha value is -3.38. The molecule has 0 saturated heterocycles. The molecule has 160 valence electrons. The van der Waals surface area contributed by atoms with E-state index in [1.165, 1.54) is 12.3 Å². The molecule has 0 aliphatic heterocycles. The number of allylic oxidation sites excluding steroid dienone is 1. The molecule has 0 bridgehead atoms. The molecule has 0 spiro atoms. The summed E-state index contributed by atoms with van der Waals surface area (Å²) in [4.78, 5) is 20.2. The molecular weight excluding hydrogens is 395 g/mol. The Bertz CT molecular complexity index is 1040. The second kappa shape index (κ2) is 11.1. The summed E-state index contributed by atoms with van der Waals surface area (Å²) in [6.07, 6.45) is 3.61. The van der Waals surface area contributed by atoms with Crippen LogP contribution in [0, 0.1) is 5.82 Å². The molecule has 3 aromatic rings. The maximum Gasteiger partial charge on any atom is 0.163 e. The van der Waals surface area contributed by atoms with Gasteiger partial charge in [-0.25, -0.2) is 14.4 Å². The second-order valence-electron chi connectivity index (χ2n) is 7.09. The SMILES string of the molecule is C=CC(=O)Cc1cccc(Cc2nc(Cc3ccc(OCCOC)cc3)ncc2F)c1. The van der Waals surface area contributed by atoms with Crippen molar-refractivity contribution < 1.29 is 18.7 Å². The maximum absolute atomic E-state index is 14.3. The Morgan fingerprint density at radius 1 is 1.06 bits per heavy atom. The van der Waals surface area contributed by atoms with Crippen molar-refractivity contribution in [1.82, 2.24) is 9.97 Å². The van der Waals surface area contributed by atoms with Gasteiger partial charge in [-0.2, -0.15) is 0 Å². The molecule has 1 aromatic heterocycles. The fourth-order valence-electron chi connectivity index (χ4n) is 3.10. The maximum atomic E-state index is 14.3. The average molecular weight is 420 g/mol. The van der Waals surface area contributed by atoms with Crippen molar-refractivity contribution in [3.63, 3.8) is 0 Å². The molecule has 0 aliphatic carbocycles. The lowest BCUT2D eigenvalue weighted by molar-refractivity contribution is -0.114. The molecule has 31 heavy (non-hydrogen) atoms. The van der Waals surface area contributed by atoms with E-state index in [2.05, 4.69) is 16.5 Å². The minimum absolute atomic E-state index is 0.0530. The van der Waals surface area contributed by atoms with Crippen LogP contribution in [-0.2, 0) is 28.8 Å². The van der Waals surface area contributed by atoms with Crippen LogP contribution in [0.5, 0.6) is 5.75 Å². The molecule has 0 unspecified atom stereocenters. The van der Waals surface area contributed by atoms with E-state index in [9.17, 15) is 9.18 Å². The van der Waals surface area contributed by atoms with Crippen LogP contribution >= 0.6 is 0 Å². The summed E-state index contributed by atoms with van der Waals surface area (Å²) >= 11 is 0. The first-order chi connectivity index (χ1) is 15.1. The van der Waals surface area contributed by atoms with Crippen molar-refractivity contribution in [3.8, 4) is 5.75 Å². The van der Waals surface area contributed by atoms with Gasteiger partial charge in [0, 0.05) is 26.4 Å². The van der Waals surface area contributed by atoms with Crippen molar-refractivity contribution in [3.05, 3.63) is 101 Å². The van der Waals surface area contributed by atoms with Crippen molar-refractivity contribution in [2.24, 2.45) is 0 Å². The number of carbonyl (C=O) groups excluding carboxylic acids is 1. The lowest BCUT2D eigenvalue weighted by atomic mass is 10.0. The Morgan fingerprint density at radius 2 is 1.84 bits per heavy atom. The second-order valence-corrected chi connectivity index (χ2v) is 7.09. The molecule has 0 radical (unpaired) electrons. The average Bonchev–Trinajstić information content (AvgIpc) is 2.77. The number of carbonyl (C=O) groups is 1. The predicted molar refractivity (Wildman–Crippen MR) is 117 cm³/mol. The van der Waals surface area contributed by atoms with E-state index in [1.807, 2.05) is 48.5 Å². The highest BCUT2D eigenvalue weighted by molar-refractivity contribution is 5.90. The predicted octanol–water partition coefficient (Wildman–Crippen LogP) is 4.12. The monoisotopic (exact) mass is 420 g/mol. The van der Waals surface area contributed by atoms with Gasteiger partial charge in [-0.15, -0.1) is 0 Å². The minimum Gasteiger partial charge on any atom is -0.491 e. The van der Waals surface area contributed by atoms with Gasteiger partial charge in [0.25, 0.3) is 0 Å². The lowest BCUT2D eigenvalue weighted by Crippen LogP contribution is -2.06. The number of rotatable bonds is 11. The first-order valence-corrected chi connectivity index (χ1v) is 10.0. The number of hydrogen-bond donors (Lipinski definition) is 0. The molecule has 1 heterocycles. The zero-order valence-electron chi connectivity index (χ0n) is 17.5. The molecule has 3 rings (SSSR count). The third-order valence-electron chi connectivity index (χ3n) is 4.68. The van der Waals surface area contributed by atoms with E-state index in [0.717, 1.165) is 22.4 Å². The van der Waals surface area contributed by atoms with E-state index in [1.54, 1.807) is 7.11 Å². The topological polar surface area (TPSA) is 61.3 Å². The molecular formula is C25H25FN2O3. The lowest BCUT2D eigenvalue weighted by Gasteiger charge is -2.08. The van der Waals surface area contributed by atoms with Crippen LogP contribution in [-0.4, -0.2) is 36.1 Å². The summed E-state index contributed by atoms with van der Waals surface area (Å²) in [5, 5.41) is 0. The summed E-state index contributed by atoms with van der Waals surface area (Å²) in [7, 11) is 1.63. The van der Waals surface area contributed by atoms with Crippen LogP contribution in [0.4, 0.5) is 4.39 Å². The van der Waals surface area contributed by atoms with Crippen LogP contribution in [0.2, 0.25) is 0 Å². The highest BCUT2D eigenvalue weighted by atomic mass is 19.1. The zero-order chi connectivity index (χ0) is 22.1. The van der Waals surface area contributed by atoms with Crippen molar-refractivity contribution in [1.29, 1.82) is 0 Å². The van der Waals surface area contributed by atoms with Crippen LogP contribution in [0.25, 0.3) is 0 Å². The molecule has 0 fully saturated rings. The van der Waals surface area contributed by atoms with Gasteiger partial charge in [0.15, 0.2) is 11.6 Å². The summed E-state index contributed by atoms with van der Waals surface area (Å²) in [6.45, 7) is 4.51. The Morgan fingerprint density at radius 3 is 2.58 bits per heavy atom. The highest BCUT2D eigenvalue weighted by Gasteiger charge is 2.10. The molecule has 0 amide bonds. The number of benzene rings is 2. The minimum atomic E-state index is -0.446. The molecule has 0 saturated carbocycles. The number of nitrogens with zero attached hydrogens (tertiary/aromatic N) is 2. The van der Waals surface area contributed by atoms with E-state index in [0.29, 0.717) is 37.6 Å². The van der Waals surface area contributed by atoms with Crippen molar-refractivity contribution in [2.45, 2.75) is 19.3 Å². The molecule has 0 atom stereocenters. The number of ketones is 1. The van der Waals surface area contributed by atoms with Crippen LogP contribution in [0.3, 0.4) is 0 Å². The molecule has 0 N–H and O–H groups in total. The fourth-order valence-corrected chi connectivity index (χ4v) is 3.10. The van der Waals surface area contributed by atoms with Gasteiger partial charge < -0.3 is 9.47 Å². The zero-order valence-corrected chi connectivity index (χ0v) is 17.5. The third kappa shape index (κ3) is 6.83. The number of halogens is 1. The number of methoxy groups -OCH3 is 1. The fraction of sp³-hybridized carbons (Fsp3) is 0.240. The van der Waals surface area contributed by atoms with Gasteiger partial charge in [0.1, 0.15) is 18.2 Å². The first-order valence-electron chi connectivity index (χ1n) is 10.0. The van der Waals surface area contributed by atoms with Crippen molar-refractivity contribution >= 4 is 5.78 Å². The number of aromatic nitrogens is 2. The normalized spacial score (nSPS) is 10.6. The molecule has 2 aromatic carbocycles. The van der Waals surface area contributed by atoms with Gasteiger partial charge in [0.2, 0.25) is 0 Å². The molecule has 6 heteroatoms. The largest absolute Gasteiger partial charge is 0.491 e. The summed E-state index contributed by atoms with van der Waals surface area (Å²) < 4.78 is 24.9. The standard InChI is InChI=1S/C25H25FN2O3/c1-3-21(29)14-19-5-4-6-20(13-19)15-24-23(26)17-27-25(28-24)16-18-7-9-22(10-8-18)31-12-11-30-2/h3-10,13,17H,1,11-12,14-16H2,2H3. The van der Waals surface area contributed by atoms with Crippen LogP contribution in [0.1, 0.15) is 28.2 Å². The quantitative estimate of drug-likeness (QED) is 0.345. The third-order valence-corrected chi connectivity index (χ3v) is 4.68. The summed E-state index contributed by atoms with van der Waals surface area (Å²) in [5.74, 6) is 0.805. The molecule has 0 aliphatic rings. The highest BCUT2D eigenvalue weighted by Crippen LogP contribution is 2.17. The van der Waals surface area contributed by atoms with E-state index >= 15 is 0 Å². The van der Waals surface area contributed by atoms with Crippen LogP contribution in [0.15, 0.2) is 67.4 Å². The molecule has 5 nitrogen and oxygen atoms in total. The van der Waals surface area contributed by atoms with Gasteiger partial charge in [-0.3, -0.25) is 4.79 Å². The van der Waals surface area contributed by atoms with E-state index in [-0.39, 0.29) is 12.2 Å². The smallest absolute Gasteiger partial charge is 0.163 e. The van der Waals surface area contributed by atoms with Crippen LogP contribution < -0.4 is 4.74 Å². The van der Waals surface area contributed by atoms with Gasteiger partial charge in [0.05, 0.1) is 18.5 Å². The van der Waals surface area contributed by atoms with Crippen molar-refractivity contribution in [2.75, 3.05) is 20.3 Å². The Balaban J connectivity index is 1.68. The van der Waals surface area contributed by atoms with E-state index in [4.69, 9.17) is 9.47 Å². The summed E-state index contributed by atoms with van der Waals surface area (Å²) in [5.41, 5.74) is 3.08. The Labute approximate surface area is 181 Å². The number of hydrogen-bond acceptors (Lipinski definition) is 5. The van der Waals surface area contributed by atoms with Gasteiger partial charge in [-0.1, -0.05) is 43.0 Å². The summed E-state index contributed by atoms with van der Waals surface area (Å²) in [6, 6.07) is 15.2. The van der Waals surface area contributed by atoms with Gasteiger partial charge >= 0.3 is 0 Å². The van der Waals surface area contributed by atoms with E-state index < -0.39 is 5.82 Å². The first kappa shape index (κ1) is 22.3. The number of ether oxygens (including phenoxy) is 2. The van der Waals surface area contributed by atoms with Gasteiger partial charge in [-0.05, 0) is 34.9 Å².